The van der Waals surface area contributed by atoms with Gasteiger partial charge in [0.25, 0.3) is 0 Å². The fourth-order valence-corrected chi connectivity index (χ4v) is 2.30. The highest BCUT2D eigenvalue weighted by Gasteiger charge is 2.17. The van der Waals surface area contributed by atoms with E-state index in [9.17, 15) is 4.39 Å². The quantitative estimate of drug-likeness (QED) is 0.896. The number of imidazole rings is 1. The molecule has 0 aliphatic rings. The van der Waals surface area contributed by atoms with Crippen LogP contribution in [0.25, 0.3) is 0 Å². The molecule has 0 fully saturated rings. The number of aromatic nitrogens is 2. The molecule has 1 N–H and O–H groups in total. The van der Waals surface area contributed by atoms with Crippen molar-refractivity contribution >= 4 is 0 Å². The van der Waals surface area contributed by atoms with Gasteiger partial charge in [-0.05, 0) is 37.6 Å². The Kier molecular flexibility index (Phi) is 4.32. The zero-order chi connectivity index (χ0) is 13.8. The van der Waals surface area contributed by atoms with Gasteiger partial charge in [-0.15, -0.1) is 0 Å². The number of rotatable bonds is 5. The number of benzene rings is 1. The smallest absolute Gasteiger partial charge is 0.130 e. The summed E-state index contributed by atoms with van der Waals surface area (Å²) in [6, 6.07) is 5.19. The highest BCUT2D eigenvalue weighted by atomic mass is 19.1. The summed E-state index contributed by atoms with van der Waals surface area (Å²) < 4.78 is 15.5. The van der Waals surface area contributed by atoms with Crippen molar-refractivity contribution in [3.05, 3.63) is 53.4 Å². The third-order valence-corrected chi connectivity index (χ3v) is 3.27. The number of nitrogens with one attached hydrogen (secondary N) is 1. The van der Waals surface area contributed by atoms with Crippen LogP contribution < -0.4 is 5.32 Å². The van der Waals surface area contributed by atoms with Crippen molar-refractivity contribution in [1.82, 2.24) is 14.9 Å². The van der Waals surface area contributed by atoms with E-state index in [4.69, 9.17) is 0 Å². The molecule has 0 aliphatic heterocycles. The van der Waals surface area contributed by atoms with Gasteiger partial charge in [0.2, 0.25) is 0 Å². The Balaban J connectivity index is 2.38. The highest BCUT2D eigenvalue weighted by Crippen LogP contribution is 2.22. The van der Waals surface area contributed by atoms with E-state index in [1.54, 1.807) is 6.92 Å². The molecule has 2 rings (SSSR count). The fourth-order valence-electron chi connectivity index (χ4n) is 2.30. The molecule has 0 bridgehead atoms. The summed E-state index contributed by atoms with van der Waals surface area (Å²) in [7, 11) is 1.90. The van der Waals surface area contributed by atoms with Crippen LogP contribution in [0.15, 0.2) is 30.6 Å². The van der Waals surface area contributed by atoms with E-state index < -0.39 is 0 Å². The van der Waals surface area contributed by atoms with E-state index in [1.165, 1.54) is 6.07 Å². The Labute approximate surface area is 113 Å². The summed E-state index contributed by atoms with van der Waals surface area (Å²) in [6.45, 7) is 4.86. The van der Waals surface area contributed by atoms with E-state index >= 15 is 0 Å². The molecule has 1 aromatic heterocycles. The summed E-state index contributed by atoms with van der Waals surface area (Å²) in [4.78, 5) is 4.44. The molecule has 102 valence electrons. The van der Waals surface area contributed by atoms with Crippen LogP contribution in [0, 0.1) is 12.7 Å². The predicted molar refractivity (Wildman–Crippen MR) is 74.6 cm³/mol. The second kappa shape index (κ2) is 5.97. The lowest BCUT2D eigenvalue weighted by atomic mass is 10.0. The Hall–Kier alpha value is -1.68. The van der Waals surface area contributed by atoms with Gasteiger partial charge < -0.3 is 9.88 Å². The maximum Gasteiger partial charge on any atom is 0.130 e. The minimum Gasteiger partial charge on any atom is -0.333 e. The fraction of sp³-hybridized carbons (Fsp3) is 0.400. The van der Waals surface area contributed by atoms with Gasteiger partial charge in [-0.2, -0.15) is 0 Å². The largest absolute Gasteiger partial charge is 0.333 e. The lowest BCUT2D eigenvalue weighted by Crippen LogP contribution is -2.22. The second-order valence-corrected chi connectivity index (χ2v) is 4.71. The van der Waals surface area contributed by atoms with Crippen LogP contribution in [0.4, 0.5) is 4.39 Å². The molecule has 0 spiro atoms. The summed E-state index contributed by atoms with van der Waals surface area (Å²) in [6.07, 6.45) is 4.85. The molecule has 2 aromatic rings. The van der Waals surface area contributed by atoms with Crippen LogP contribution in [-0.2, 0) is 6.54 Å². The van der Waals surface area contributed by atoms with Crippen LogP contribution in [0.3, 0.4) is 0 Å². The molecule has 0 amide bonds. The Morgan fingerprint density at radius 3 is 2.84 bits per heavy atom. The molecule has 1 atom stereocenters. The van der Waals surface area contributed by atoms with Crippen molar-refractivity contribution in [1.29, 1.82) is 0 Å². The first kappa shape index (κ1) is 13.7. The standard InChI is InChI=1S/C15H20FN3/c1-4-8-19-9-7-18-15(19)14(17-3)12-5-6-13(16)11(2)10-12/h5-7,9-10,14,17H,4,8H2,1-3H3. The van der Waals surface area contributed by atoms with Gasteiger partial charge in [0, 0.05) is 18.9 Å². The molecule has 0 saturated heterocycles. The topological polar surface area (TPSA) is 29.9 Å². The lowest BCUT2D eigenvalue weighted by Gasteiger charge is -2.18. The minimum absolute atomic E-state index is 0.0131. The molecule has 0 radical (unpaired) electrons. The van der Waals surface area contributed by atoms with E-state index in [0.29, 0.717) is 5.56 Å². The summed E-state index contributed by atoms with van der Waals surface area (Å²) >= 11 is 0. The molecule has 0 saturated carbocycles. The van der Waals surface area contributed by atoms with Gasteiger partial charge in [0.05, 0.1) is 6.04 Å². The van der Waals surface area contributed by atoms with Gasteiger partial charge in [-0.3, -0.25) is 0 Å². The van der Waals surface area contributed by atoms with Crippen molar-refractivity contribution in [2.24, 2.45) is 0 Å². The van der Waals surface area contributed by atoms with Crippen molar-refractivity contribution in [3.63, 3.8) is 0 Å². The van der Waals surface area contributed by atoms with Crippen LogP contribution >= 0.6 is 0 Å². The van der Waals surface area contributed by atoms with E-state index in [2.05, 4.69) is 21.8 Å². The third-order valence-electron chi connectivity index (χ3n) is 3.27. The highest BCUT2D eigenvalue weighted by molar-refractivity contribution is 5.30. The van der Waals surface area contributed by atoms with Gasteiger partial charge in [0.1, 0.15) is 11.6 Å². The van der Waals surface area contributed by atoms with Gasteiger partial charge in [-0.1, -0.05) is 19.1 Å². The van der Waals surface area contributed by atoms with Crippen LogP contribution in [0.5, 0.6) is 0 Å². The Morgan fingerprint density at radius 2 is 2.21 bits per heavy atom. The Bertz CT molecular complexity index is 548. The number of aryl methyl sites for hydroxylation is 2. The number of nitrogens with zero attached hydrogens (tertiary/aromatic N) is 2. The summed E-state index contributed by atoms with van der Waals surface area (Å²) in [5.41, 5.74) is 1.69. The Morgan fingerprint density at radius 1 is 1.42 bits per heavy atom. The van der Waals surface area contributed by atoms with Gasteiger partial charge in [0.15, 0.2) is 0 Å². The third kappa shape index (κ3) is 2.84. The van der Waals surface area contributed by atoms with Gasteiger partial charge in [-0.25, -0.2) is 9.37 Å². The number of hydrogen-bond acceptors (Lipinski definition) is 2. The molecule has 1 heterocycles. The van der Waals surface area contributed by atoms with Crippen molar-refractivity contribution in [2.75, 3.05) is 7.05 Å². The molecular formula is C15H20FN3. The van der Waals surface area contributed by atoms with Crippen molar-refractivity contribution < 1.29 is 4.39 Å². The van der Waals surface area contributed by atoms with Gasteiger partial charge >= 0.3 is 0 Å². The van der Waals surface area contributed by atoms with E-state index in [-0.39, 0.29) is 11.9 Å². The van der Waals surface area contributed by atoms with Crippen molar-refractivity contribution in [3.8, 4) is 0 Å². The number of hydrogen-bond donors (Lipinski definition) is 1. The SMILES string of the molecule is CCCn1ccnc1C(NC)c1ccc(F)c(C)c1. The molecule has 3 nitrogen and oxygen atoms in total. The maximum atomic E-state index is 13.4. The first-order valence-electron chi connectivity index (χ1n) is 6.61. The zero-order valence-electron chi connectivity index (χ0n) is 11.7. The average Bonchev–Trinajstić information content (AvgIpc) is 2.83. The molecule has 19 heavy (non-hydrogen) atoms. The van der Waals surface area contributed by atoms with Crippen LogP contribution in [0.2, 0.25) is 0 Å². The lowest BCUT2D eigenvalue weighted by molar-refractivity contribution is 0.565. The molecule has 1 aromatic carbocycles. The molecular weight excluding hydrogens is 241 g/mol. The first-order valence-corrected chi connectivity index (χ1v) is 6.61. The van der Waals surface area contributed by atoms with Crippen molar-refractivity contribution in [2.45, 2.75) is 32.9 Å². The van der Waals surface area contributed by atoms with E-state index in [1.807, 2.05) is 31.6 Å². The normalized spacial score (nSPS) is 12.6. The molecule has 0 aliphatic carbocycles. The van der Waals surface area contributed by atoms with E-state index in [0.717, 1.165) is 24.4 Å². The predicted octanol–water partition coefficient (Wildman–Crippen LogP) is 3.05. The number of halogens is 1. The summed E-state index contributed by atoms with van der Waals surface area (Å²) in [5, 5.41) is 3.26. The maximum absolute atomic E-state index is 13.4. The zero-order valence-corrected chi connectivity index (χ0v) is 11.7. The molecule has 1 unspecified atom stereocenters. The van der Waals surface area contributed by atoms with Crippen LogP contribution in [-0.4, -0.2) is 16.6 Å². The minimum atomic E-state index is -0.171. The second-order valence-electron chi connectivity index (χ2n) is 4.71. The van der Waals surface area contributed by atoms with Crippen LogP contribution in [0.1, 0.15) is 36.3 Å². The summed E-state index contributed by atoms with van der Waals surface area (Å²) in [5.74, 6) is 0.797. The first-order chi connectivity index (χ1) is 9.17. The average molecular weight is 261 g/mol. The molecule has 4 heteroatoms. The monoisotopic (exact) mass is 261 g/mol.